The number of hydrogen-bond acceptors (Lipinski definition) is 2. The standard InChI is InChI=1S/C15H16BrNO3/c16-13-4-3-10(7-12(13)15(19)20)17-14(18)11-6-8-1-2-9(11)5-8/h3-4,7-9,11H,1-2,5-6H2,(H,17,18)(H,19,20). The van der Waals surface area contributed by atoms with Gasteiger partial charge < -0.3 is 10.4 Å². The predicted octanol–water partition coefficient (Wildman–Crippen LogP) is 3.52. The maximum atomic E-state index is 12.3. The Morgan fingerprint density at radius 3 is 2.65 bits per heavy atom. The van der Waals surface area contributed by atoms with Crippen molar-refractivity contribution in [3.05, 3.63) is 28.2 Å². The molecule has 2 aliphatic rings. The van der Waals surface area contributed by atoms with Crippen LogP contribution in [0.5, 0.6) is 0 Å². The minimum atomic E-state index is -1.01. The maximum absolute atomic E-state index is 12.3. The molecular formula is C15H16BrNO3. The summed E-state index contributed by atoms with van der Waals surface area (Å²) in [6.07, 6.45) is 4.58. The number of fused-ring (bicyclic) bond motifs is 2. The van der Waals surface area contributed by atoms with E-state index in [2.05, 4.69) is 21.2 Å². The molecule has 2 N–H and O–H groups in total. The molecule has 3 rings (SSSR count). The van der Waals surface area contributed by atoms with Crippen LogP contribution in [-0.4, -0.2) is 17.0 Å². The van der Waals surface area contributed by atoms with Crippen LogP contribution in [0.3, 0.4) is 0 Å². The summed E-state index contributed by atoms with van der Waals surface area (Å²) in [7, 11) is 0. The third-order valence-corrected chi connectivity index (χ3v) is 5.23. The number of rotatable bonds is 3. The minimum Gasteiger partial charge on any atom is -0.478 e. The van der Waals surface area contributed by atoms with Crippen molar-refractivity contribution in [1.82, 2.24) is 0 Å². The topological polar surface area (TPSA) is 66.4 Å². The average molecular weight is 338 g/mol. The number of aromatic carboxylic acids is 1. The number of hydrogen-bond donors (Lipinski definition) is 2. The van der Waals surface area contributed by atoms with E-state index >= 15 is 0 Å². The Bertz CT molecular complexity index is 572. The molecule has 4 nitrogen and oxygen atoms in total. The summed E-state index contributed by atoms with van der Waals surface area (Å²) >= 11 is 3.20. The van der Waals surface area contributed by atoms with Gasteiger partial charge in [-0.1, -0.05) is 6.42 Å². The van der Waals surface area contributed by atoms with Crippen molar-refractivity contribution in [2.45, 2.75) is 25.7 Å². The van der Waals surface area contributed by atoms with Gasteiger partial charge in [0.05, 0.1) is 5.56 Å². The predicted molar refractivity (Wildman–Crippen MR) is 78.7 cm³/mol. The highest BCUT2D eigenvalue weighted by atomic mass is 79.9. The highest BCUT2D eigenvalue weighted by Crippen LogP contribution is 2.48. The Morgan fingerprint density at radius 2 is 2.05 bits per heavy atom. The van der Waals surface area contributed by atoms with Crippen LogP contribution in [0.15, 0.2) is 22.7 Å². The molecule has 1 amide bonds. The SMILES string of the molecule is O=C(O)c1cc(NC(=O)C2CC3CCC2C3)ccc1Br. The van der Waals surface area contributed by atoms with Gasteiger partial charge in [-0.2, -0.15) is 0 Å². The quantitative estimate of drug-likeness (QED) is 0.886. The minimum absolute atomic E-state index is 0.0378. The van der Waals surface area contributed by atoms with Gasteiger partial charge in [0.1, 0.15) is 0 Å². The second kappa shape index (κ2) is 5.20. The Balaban J connectivity index is 1.73. The van der Waals surface area contributed by atoms with E-state index in [1.54, 1.807) is 12.1 Å². The zero-order valence-corrected chi connectivity index (χ0v) is 12.5. The molecule has 2 fully saturated rings. The van der Waals surface area contributed by atoms with Crippen molar-refractivity contribution in [2.24, 2.45) is 17.8 Å². The van der Waals surface area contributed by atoms with Crippen LogP contribution in [0, 0.1) is 17.8 Å². The van der Waals surface area contributed by atoms with Crippen LogP contribution in [0.1, 0.15) is 36.0 Å². The Hall–Kier alpha value is -1.36. The van der Waals surface area contributed by atoms with E-state index in [9.17, 15) is 9.59 Å². The van der Waals surface area contributed by atoms with Crippen LogP contribution in [-0.2, 0) is 4.79 Å². The van der Waals surface area contributed by atoms with Crippen LogP contribution < -0.4 is 5.32 Å². The first-order valence-electron chi connectivity index (χ1n) is 6.88. The van der Waals surface area contributed by atoms with E-state index in [0.29, 0.717) is 16.1 Å². The normalized spacial score (nSPS) is 27.6. The van der Waals surface area contributed by atoms with Crippen molar-refractivity contribution < 1.29 is 14.7 Å². The summed E-state index contributed by atoms with van der Waals surface area (Å²) in [5.41, 5.74) is 0.717. The number of nitrogens with one attached hydrogen (secondary N) is 1. The summed E-state index contributed by atoms with van der Waals surface area (Å²) in [6, 6.07) is 4.87. The number of carboxylic acid groups (broad SMARTS) is 1. The molecule has 3 atom stereocenters. The molecule has 1 aromatic rings. The van der Waals surface area contributed by atoms with E-state index in [0.717, 1.165) is 18.8 Å². The number of benzene rings is 1. The molecule has 3 unspecified atom stereocenters. The second-order valence-corrected chi connectivity index (χ2v) is 6.62. The largest absolute Gasteiger partial charge is 0.478 e. The molecule has 2 saturated carbocycles. The van der Waals surface area contributed by atoms with Crippen LogP contribution in [0.2, 0.25) is 0 Å². The molecule has 2 bridgehead atoms. The van der Waals surface area contributed by atoms with E-state index < -0.39 is 5.97 Å². The number of anilines is 1. The maximum Gasteiger partial charge on any atom is 0.336 e. The van der Waals surface area contributed by atoms with Gasteiger partial charge in [0, 0.05) is 16.1 Å². The van der Waals surface area contributed by atoms with Gasteiger partial charge in [0.15, 0.2) is 0 Å². The number of amides is 1. The molecule has 0 aromatic heterocycles. The lowest BCUT2D eigenvalue weighted by Crippen LogP contribution is -2.27. The molecule has 106 valence electrons. The number of carboxylic acids is 1. The van der Waals surface area contributed by atoms with Crippen molar-refractivity contribution in [3.63, 3.8) is 0 Å². The van der Waals surface area contributed by atoms with E-state index in [1.165, 1.54) is 18.9 Å². The molecule has 0 spiro atoms. The second-order valence-electron chi connectivity index (χ2n) is 5.77. The van der Waals surface area contributed by atoms with E-state index in [-0.39, 0.29) is 17.4 Å². The van der Waals surface area contributed by atoms with Gasteiger partial charge in [0.2, 0.25) is 5.91 Å². The molecule has 0 radical (unpaired) electrons. The van der Waals surface area contributed by atoms with E-state index in [4.69, 9.17) is 5.11 Å². The van der Waals surface area contributed by atoms with Crippen LogP contribution in [0.25, 0.3) is 0 Å². The van der Waals surface area contributed by atoms with Gasteiger partial charge in [0.25, 0.3) is 0 Å². The lowest BCUT2D eigenvalue weighted by Gasteiger charge is -2.20. The molecule has 0 heterocycles. The highest BCUT2D eigenvalue weighted by Gasteiger charge is 2.43. The number of carbonyl (C=O) groups is 2. The zero-order valence-electron chi connectivity index (χ0n) is 10.9. The summed E-state index contributed by atoms with van der Waals surface area (Å²) in [6.45, 7) is 0. The average Bonchev–Trinajstić information content (AvgIpc) is 3.03. The molecular weight excluding hydrogens is 322 g/mol. The lowest BCUT2D eigenvalue weighted by atomic mass is 9.88. The Kier molecular flexibility index (Phi) is 3.54. The number of halogens is 1. The van der Waals surface area contributed by atoms with Gasteiger partial charge in [-0.05, 0) is 65.2 Å². The molecule has 2 aliphatic carbocycles. The monoisotopic (exact) mass is 337 g/mol. The molecule has 0 aliphatic heterocycles. The van der Waals surface area contributed by atoms with Crippen molar-refractivity contribution in [1.29, 1.82) is 0 Å². The molecule has 0 saturated heterocycles. The smallest absolute Gasteiger partial charge is 0.336 e. The lowest BCUT2D eigenvalue weighted by molar-refractivity contribution is -0.121. The summed E-state index contributed by atoms with van der Waals surface area (Å²) in [5.74, 6) is 0.374. The fraction of sp³-hybridized carbons (Fsp3) is 0.467. The molecule has 20 heavy (non-hydrogen) atoms. The molecule has 5 heteroatoms. The highest BCUT2D eigenvalue weighted by molar-refractivity contribution is 9.10. The van der Waals surface area contributed by atoms with Crippen molar-refractivity contribution in [2.75, 3.05) is 5.32 Å². The van der Waals surface area contributed by atoms with Crippen molar-refractivity contribution in [3.8, 4) is 0 Å². The summed E-state index contributed by atoms with van der Waals surface area (Å²) in [4.78, 5) is 23.4. The van der Waals surface area contributed by atoms with Gasteiger partial charge in [-0.25, -0.2) is 4.79 Å². The Morgan fingerprint density at radius 1 is 1.25 bits per heavy atom. The van der Waals surface area contributed by atoms with Gasteiger partial charge in [-0.3, -0.25) is 4.79 Å². The van der Waals surface area contributed by atoms with Gasteiger partial charge >= 0.3 is 5.97 Å². The van der Waals surface area contributed by atoms with E-state index in [1.807, 2.05) is 0 Å². The van der Waals surface area contributed by atoms with Gasteiger partial charge in [-0.15, -0.1) is 0 Å². The first-order valence-corrected chi connectivity index (χ1v) is 7.67. The van der Waals surface area contributed by atoms with Crippen LogP contribution in [0.4, 0.5) is 5.69 Å². The Labute approximate surface area is 125 Å². The van der Waals surface area contributed by atoms with Crippen molar-refractivity contribution >= 4 is 33.5 Å². The fourth-order valence-corrected chi connectivity index (χ4v) is 3.98. The zero-order chi connectivity index (χ0) is 14.3. The fourth-order valence-electron chi connectivity index (χ4n) is 3.57. The summed E-state index contributed by atoms with van der Waals surface area (Å²) < 4.78 is 0.517. The summed E-state index contributed by atoms with van der Waals surface area (Å²) in [5, 5.41) is 11.9. The third kappa shape index (κ3) is 2.46. The van der Waals surface area contributed by atoms with Crippen LogP contribution >= 0.6 is 15.9 Å². The first kappa shape index (κ1) is 13.6. The number of carbonyl (C=O) groups excluding carboxylic acids is 1. The first-order chi connectivity index (χ1) is 9.54. The third-order valence-electron chi connectivity index (χ3n) is 4.54. The molecule has 1 aromatic carbocycles.